The van der Waals surface area contributed by atoms with Crippen molar-refractivity contribution in [2.24, 2.45) is 0 Å². The monoisotopic (exact) mass is 486 g/mol. The van der Waals surface area contributed by atoms with Gasteiger partial charge in [-0.2, -0.15) is 0 Å². The molecule has 0 spiro atoms. The summed E-state index contributed by atoms with van der Waals surface area (Å²) >= 11 is 12.0. The van der Waals surface area contributed by atoms with E-state index in [1.807, 2.05) is 0 Å². The van der Waals surface area contributed by atoms with Crippen LogP contribution in [0.3, 0.4) is 0 Å². The van der Waals surface area contributed by atoms with Gasteiger partial charge in [-0.3, -0.25) is 9.59 Å². The molecule has 0 saturated heterocycles. The number of hydrogen-bond acceptors (Lipinski definition) is 5. The molecule has 0 unspecified atom stereocenters. The highest BCUT2D eigenvalue weighted by Gasteiger charge is 2.11. The van der Waals surface area contributed by atoms with Crippen LogP contribution in [0, 0.1) is 0 Å². The molecule has 3 aromatic carbocycles. The summed E-state index contributed by atoms with van der Waals surface area (Å²) in [7, 11) is 0. The Morgan fingerprint density at radius 2 is 1.52 bits per heavy atom. The first-order valence-corrected chi connectivity index (χ1v) is 10.7. The molecule has 0 fully saturated rings. The number of halogens is 2. The molecule has 0 aliphatic carbocycles. The smallest absolute Gasteiger partial charge is 0.338 e. The van der Waals surface area contributed by atoms with Gasteiger partial charge in [0, 0.05) is 16.3 Å². The predicted octanol–water partition coefficient (Wildman–Crippen LogP) is 5.44. The second-order valence-corrected chi connectivity index (χ2v) is 7.58. The molecule has 0 aliphatic rings. The Labute approximate surface area is 200 Å². The van der Waals surface area contributed by atoms with Crippen LogP contribution >= 0.6 is 23.2 Å². The third kappa shape index (κ3) is 6.97. The van der Waals surface area contributed by atoms with Crippen LogP contribution < -0.4 is 15.4 Å². The molecule has 170 valence electrons. The number of anilines is 2. The minimum absolute atomic E-state index is 0.233. The van der Waals surface area contributed by atoms with E-state index >= 15 is 0 Å². The van der Waals surface area contributed by atoms with Crippen molar-refractivity contribution in [3.05, 3.63) is 87.9 Å². The predicted molar refractivity (Wildman–Crippen MR) is 127 cm³/mol. The van der Waals surface area contributed by atoms with Crippen LogP contribution in [0.15, 0.2) is 66.7 Å². The minimum atomic E-state index is -0.425. The average Bonchev–Trinajstić information content (AvgIpc) is 2.81. The zero-order valence-corrected chi connectivity index (χ0v) is 19.1. The van der Waals surface area contributed by atoms with E-state index in [1.165, 1.54) is 0 Å². The molecule has 3 rings (SSSR count). The van der Waals surface area contributed by atoms with Gasteiger partial charge in [0.2, 0.25) is 0 Å². The van der Waals surface area contributed by atoms with Crippen molar-refractivity contribution in [2.75, 3.05) is 23.8 Å². The third-order valence-corrected chi connectivity index (χ3v) is 4.91. The molecule has 2 amide bonds. The third-order valence-electron chi connectivity index (χ3n) is 4.34. The van der Waals surface area contributed by atoms with Gasteiger partial charge in [-0.05, 0) is 73.7 Å². The Morgan fingerprint density at radius 1 is 0.848 bits per heavy atom. The van der Waals surface area contributed by atoms with Gasteiger partial charge >= 0.3 is 5.97 Å². The van der Waals surface area contributed by atoms with Gasteiger partial charge in [-0.15, -0.1) is 0 Å². The number of carbonyl (C=O) groups excluding carboxylic acids is 3. The zero-order chi connectivity index (χ0) is 23.8. The molecule has 33 heavy (non-hydrogen) atoms. The summed E-state index contributed by atoms with van der Waals surface area (Å²) in [5, 5.41) is 6.19. The first-order valence-electron chi connectivity index (χ1n) is 9.92. The van der Waals surface area contributed by atoms with Crippen molar-refractivity contribution in [3.8, 4) is 5.75 Å². The van der Waals surface area contributed by atoms with Gasteiger partial charge in [0.25, 0.3) is 11.8 Å². The van der Waals surface area contributed by atoms with Crippen LogP contribution in [0.5, 0.6) is 5.75 Å². The van der Waals surface area contributed by atoms with Gasteiger partial charge in [0.1, 0.15) is 5.75 Å². The number of esters is 1. The topological polar surface area (TPSA) is 93.7 Å². The lowest BCUT2D eigenvalue weighted by molar-refractivity contribution is -0.118. The quantitative estimate of drug-likeness (QED) is 0.413. The Morgan fingerprint density at radius 3 is 2.18 bits per heavy atom. The maximum atomic E-state index is 12.4. The normalized spacial score (nSPS) is 10.3. The molecule has 0 saturated carbocycles. The lowest BCUT2D eigenvalue weighted by Crippen LogP contribution is -2.20. The van der Waals surface area contributed by atoms with Crippen LogP contribution in [-0.2, 0) is 9.53 Å². The molecule has 7 nitrogen and oxygen atoms in total. The number of benzene rings is 3. The molecule has 0 aliphatic heterocycles. The van der Waals surface area contributed by atoms with Gasteiger partial charge in [0.15, 0.2) is 6.61 Å². The summed E-state index contributed by atoms with van der Waals surface area (Å²) < 4.78 is 10.4. The fraction of sp³-hybridized carbons (Fsp3) is 0.125. The molecular weight excluding hydrogens is 467 g/mol. The SMILES string of the molecule is CCOC(=O)c1ccc(NC(=O)COc2ccc(C(=O)Nc3cc(Cl)ccc3Cl)cc2)cc1. The first kappa shape index (κ1) is 24.1. The number of hydrogen-bond donors (Lipinski definition) is 2. The first-order chi connectivity index (χ1) is 15.9. The largest absolute Gasteiger partial charge is 0.484 e. The van der Waals surface area contributed by atoms with Gasteiger partial charge in [-0.1, -0.05) is 23.2 Å². The molecule has 0 atom stereocenters. The molecular formula is C24H20Cl2N2O5. The Kier molecular flexibility index (Phi) is 8.29. The maximum Gasteiger partial charge on any atom is 0.338 e. The van der Waals surface area contributed by atoms with Gasteiger partial charge in [-0.25, -0.2) is 4.79 Å². The summed E-state index contributed by atoms with van der Waals surface area (Å²) in [5.74, 6) is -0.752. The second-order valence-electron chi connectivity index (χ2n) is 6.74. The summed E-state index contributed by atoms with van der Waals surface area (Å²) in [6.07, 6.45) is 0. The molecule has 0 aromatic heterocycles. The van der Waals surface area contributed by atoms with E-state index < -0.39 is 5.97 Å². The summed E-state index contributed by atoms with van der Waals surface area (Å²) in [5.41, 5.74) is 1.70. The fourth-order valence-corrected chi connectivity index (χ4v) is 3.08. The van der Waals surface area contributed by atoms with Crippen LogP contribution in [0.25, 0.3) is 0 Å². The van der Waals surface area contributed by atoms with Crippen molar-refractivity contribution in [3.63, 3.8) is 0 Å². The van der Waals surface area contributed by atoms with Crippen molar-refractivity contribution in [2.45, 2.75) is 6.92 Å². The van der Waals surface area contributed by atoms with Crippen molar-refractivity contribution >= 4 is 52.4 Å². The molecule has 3 aromatic rings. The van der Waals surface area contributed by atoms with Crippen molar-refractivity contribution in [1.82, 2.24) is 0 Å². The zero-order valence-electron chi connectivity index (χ0n) is 17.6. The van der Waals surface area contributed by atoms with Crippen LogP contribution in [0.4, 0.5) is 11.4 Å². The van der Waals surface area contributed by atoms with Crippen LogP contribution in [0.2, 0.25) is 10.0 Å². The van der Waals surface area contributed by atoms with E-state index in [1.54, 1.807) is 73.7 Å². The Hall–Kier alpha value is -3.55. The average molecular weight is 487 g/mol. The lowest BCUT2D eigenvalue weighted by Gasteiger charge is -2.10. The fourth-order valence-electron chi connectivity index (χ4n) is 2.74. The highest BCUT2D eigenvalue weighted by atomic mass is 35.5. The summed E-state index contributed by atoms with van der Waals surface area (Å²) in [6.45, 7) is 1.78. The number of rotatable bonds is 8. The van der Waals surface area contributed by atoms with E-state index in [-0.39, 0.29) is 25.0 Å². The summed E-state index contributed by atoms with van der Waals surface area (Å²) in [6, 6.07) is 17.4. The Bertz CT molecular complexity index is 1150. The molecule has 0 heterocycles. The second kappa shape index (κ2) is 11.4. The molecule has 0 radical (unpaired) electrons. The number of ether oxygens (including phenoxy) is 2. The summed E-state index contributed by atoms with van der Waals surface area (Å²) in [4.78, 5) is 36.2. The number of carbonyl (C=O) groups is 3. The van der Waals surface area contributed by atoms with E-state index in [9.17, 15) is 14.4 Å². The van der Waals surface area contributed by atoms with Gasteiger partial charge in [0.05, 0.1) is 22.9 Å². The molecule has 2 N–H and O–H groups in total. The van der Waals surface area contributed by atoms with Crippen molar-refractivity contribution in [1.29, 1.82) is 0 Å². The Balaban J connectivity index is 1.50. The van der Waals surface area contributed by atoms with Crippen LogP contribution in [0.1, 0.15) is 27.6 Å². The molecule has 9 heteroatoms. The highest BCUT2D eigenvalue weighted by molar-refractivity contribution is 6.35. The number of nitrogens with one attached hydrogen (secondary N) is 2. The van der Waals surface area contributed by atoms with E-state index in [0.29, 0.717) is 38.3 Å². The van der Waals surface area contributed by atoms with Gasteiger partial charge < -0.3 is 20.1 Å². The van der Waals surface area contributed by atoms with E-state index in [4.69, 9.17) is 32.7 Å². The van der Waals surface area contributed by atoms with Crippen molar-refractivity contribution < 1.29 is 23.9 Å². The lowest BCUT2D eigenvalue weighted by atomic mass is 10.2. The standard InChI is InChI=1S/C24H20Cl2N2O5/c1-2-32-24(31)16-3-8-18(9-4-16)27-22(29)14-33-19-10-5-15(6-11-19)23(30)28-21-13-17(25)7-12-20(21)26/h3-13H,2,14H2,1H3,(H,27,29)(H,28,30). The van der Waals surface area contributed by atoms with E-state index in [0.717, 1.165) is 0 Å². The minimum Gasteiger partial charge on any atom is -0.484 e. The van der Waals surface area contributed by atoms with E-state index in [2.05, 4.69) is 10.6 Å². The highest BCUT2D eigenvalue weighted by Crippen LogP contribution is 2.26. The van der Waals surface area contributed by atoms with Crippen LogP contribution in [-0.4, -0.2) is 31.0 Å². The molecule has 0 bridgehead atoms. The number of amides is 2. The maximum absolute atomic E-state index is 12.4.